The van der Waals surface area contributed by atoms with Gasteiger partial charge in [-0.3, -0.25) is 9.59 Å². The van der Waals surface area contributed by atoms with E-state index in [9.17, 15) is 9.59 Å². The molecule has 0 unspecified atom stereocenters. The summed E-state index contributed by atoms with van der Waals surface area (Å²) in [4.78, 5) is 24.7. The van der Waals surface area contributed by atoms with Crippen molar-refractivity contribution in [2.75, 3.05) is 6.54 Å². The van der Waals surface area contributed by atoms with Gasteiger partial charge in [-0.25, -0.2) is 4.98 Å². The SMILES string of the molecule is O=C(O)CCNC(=O)c1cnco1. The van der Waals surface area contributed by atoms with E-state index in [1.54, 1.807) is 0 Å². The Balaban J connectivity index is 2.31. The zero-order valence-electron chi connectivity index (χ0n) is 6.69. The number of amides is 1. The lowest BCUT2D eigenvalue weighted by atomic mass is 10.4. The maximum atomic E-state index is 11.0. The van der Waals surface area contributed by atoms with Crippen molar-refractivity contribution in [2.24, 2.45) is 0 Å². The lowest BCUT2D eigenvalue weighted by Gasteiger charge is -1.98. The zero-order chi connectivity index (χ0) is 9.68. The molecule has 0 bridgehead atoms. The Labute approximate surface area is 73.6 Å². The quantitative estimate of drug-likeness (QED) is 0.680. The van der Waals surface area contributed by atoms with Gasteiger partial charge in [0.05, 0.1) is 12.6 Å². The molecule has 13 heavy (non-hydrogen) atoms. The highest BCUT2D eigenvalue weighted by Gasteiger charge is 2.08. The summed E-state index contributed by atoms with van der Waals surface area (Å²) in [6, 6.07) is 0. The predicted molar refractivity (Wildman–Crippen MR) is 41.1 cm³/mol. The minimum atomic E-state index is -0.960. The molecule has 0 saturated carbocycles. The first kappa shape index (κ1) is 9.24. The second kappa shape index (κ2) is 4.24. The number of aliphatic carboxylic acids is 1. The molecule has 6 nitrogen and oxygen atoms in total. The van der Waals surface area contributed by atoms with Gasteiger partial charge in [-0.2, -0.15) is 0 Å². The fourth-order valence-electron chi connectivity index (χ4n) is 0.698. The van der Waals surface area contributed by atoms with Crippen LogP contribution < -0.4 is 5.32 Å². The molecular weight excluding hydrogens is 176 g/mol. The van der Waals surface area contributed by atoms with E-state index in [2.05, 4.69) is 14.7 Å². The number of carbonyl (C=O) groups excluding carboxylic acids is 1. The molecule has 0 spiro atoms. The molecule has 0 fully saturated rings. The molecule has 0 radical (unpaired) electrons. The molecule has 0 aliphatic rings. The molecule has 0 aliphatic heterocycles. The van der Waals surface area contributed by atoms with Crippen molar-refractivity contribution in [1.82, 2.24) is 10.3 Å². The van der Waals surface area contributed by atoms with Crippen molar-refractivity contribution < 1.29 is 19.1 Å². The van der Waals surface area contributed by atoms with Crippen LogP contribution in [0.5, 0.6) is 0 Å². The van der Waals surface area contributed by atoms with Crippen molar-refractivity contribution in [3.63, 3.8) is 0 Å². The van der Waals surface area contributed by atoms with Crippen LogP contribution in [0.3, 0.4) is 0 Å². The van der Waals surface area contributed by atoms with Crippen LogP contribution in [0.2, 0.25) is 0 Å². The lowest BCUT2D eigenvalue weighted by molar-refractivity contribution is -0.136. The molecule has 0 aliphatic carbocycles. The molecule has 6 heteroatoms. The summed E-state index contributed by atoms with van der Waals surface area (Å²) in [6.07, 6.45) is 2.28. The van der Waals surface area contributed by atoms with Gasteiger partial charge in [0, 0.05) is 6.54 Å². The van der Waals surface area contributed by atoms with E-state index in [0.29, 0.717) is 0 Å². The van der Waals surface area contributed by atoms with Crippen molar-refractivity contribution in [3.8, 4) is 0 Å². The van der Waals surface area contributed by atoms with Crippen LogP contribution >= 0.6 is 0 Å². The number of hydrogen-bond acceptors (Lipinski definition) is 4. The summed E-state index contributed by atoms with van der Waals surface area (Å²) in [6.45, 7) is 0.0782. The van der Waals surface area contributed by atoms with Crippen molar-refractivity contribution in [2.45, 2.75) is 6.42 Å². The summed E-state index contributed by atoms with van der Waals surface area (Å²) in [5, 5.41) is 10.6. The highest BCUT2D eigenvalue weighted by atomic mass is 16.4. The number of aromatic nitrogens is 1. The summed E-state index contributed by atoms with van der Waals surface area (Å²) >= 11 is 0. The van der Waals surface area contributed by atoms with Gasteiger partial charge in [0.25, 0.3) is 5.91 Å². The zero-order valence-corrected chi connectivity index (χ0v) is 6.69. The number of nitrogens with one attached hydrogen (secondary N) is 1. The van der Waals surface area contributed by atoms with Crippen molar-refractivity contribution in [1.29, 1.82) is 0 Å². The van der Waals surface area contributed by atoms with Crippen molar-refractivity contribution in [3.05, 3.63) is 18.4 Å². The molecule has 0 atom stereocenters. The van der Waals surface area contributed by atoms with Gasteiger partial charge < -0.3 is 14.8 Å². The highest BCUT2D eigenvalue weighted by Crippen LogP contribution is 1.95. The van der Waals surface area contributed by atoms with Gasteiger partial charge >= 0.3 is 5.97 Å². The Bertz CT molecular complexity index is 293. The van der Waals surface area contributed by atoms with Gasteiger partial charge in [-0.1, -0.05) is 0 Å². The molecule has 0 aromatic carbocycles. The fourth-order valence-corrected chi connectivity index (χ4v) is 0.698. The Morgan fingerprint density at radius 2 is 2.38 bits per heavy atom. The molecule has 0 saturated heterocycles. The number of carbonyl (C=O) groups is 2. The summed E-state index contributed by atoms with van der Waals surface area (Å²) in [5.74, 6) is -1.35. The first-order chi connectivity index (χ1) is 6.20. The summed E-state index contributed by atoms with van der Waals surface area (Å²) in [7, 11) is 0. The number of hydrogen-bond donors (Lipinski definition) is 2. The van der Waals surface area contributed by atoms with E-state index in [1.165, 1.54) is 6.20 Å². The molecule has 1 aromatic heterocycles. The number of nitrogens with zero attached hydrogens (tertiary/aromatic N) is 1. The summed E-state index contributed by atoms with van der Waals surface area (Å²) < 4.78 is 4.68. The van der Waals surface area contributed by atoms with Crippen LogP contribution in [0.25, 0.3) is 0 Å². The van der Waals surface area contributed by atoms with E-state index in [0.717, 1.165) is 6.39 Å². The molecule has 1 rings (SSSR count). The average molecular weight is 184 g/mol. The normalized spacial score (nSPS) is 9.54. The van der Waals surface area contributed by atoms with Gasteiger partial charge in [0.15, 0.2) is 6.39 Å². The fraction of sp³-hybridized carbons (Fsp3) is 0.286. The van der Waals surface area contributed by atoms with E-state index in [4.69, 9.17) is 5.11 Å². The Hall–Kier alpha value is -1.85. The van der Waals surface area contributed by atoms with E-state index < -0.39 is 11.9 Å². The van der Waals surface area contributed by atoms with Gasteiger partial charge in [-0.15, -0.1) is 0 Å². The Morgan fingerprint density at radius 1 is 1.62 bits per heavy atom. The van der Waals surface area contributed by atoms with Crippen LogP contribution in [0.15, 0.2) is 17.0 Å². The summed E-state index contributed by atoms with van der Waals surface area (Å²) in [5.41, 5.74) is 0. The van der Waals surface area contributed by atoms with E-state index in [1.807, 2.05) is 0 Å². The van der Waals surface area contributed by atoms with Crippen LogP contribution in [-0.4, -0.2) is 28.5 Å². The van der Waals surface area contributed by atoms with Crippen LogP contribution in [0.1, 0.15) is 17.0 Å². The number of rotatable bonds is 4. The smallest absolute Gasteiger partial charge is 0.305 e. The number of oxazole rings is 1. The van der Waals surface area contributed by atoms with Gasteiger partial charge in [0.2, 0.25) is 5.76 Å². The first-order valence-electron chi connectivity index (χ1n) is 3.58. The van der Waals surface area contributed by atoms with Crippen LogP contribution in [0.4, 0.5) is 0 Å². The maximum Gasteiger partial charge on any atom is 0.305 e. The second-order valence-electron chi connectivity index (χ2n) is 2.27. The average Bonchev–Trinajstić information content (AvgIpc) is 2.55. The standard InChI is InChI=1S/C7H8N2O4/c10-6(11)1-2-9-7(12)5-3-8-4-13-5/h3-4H,1-2H2,(H,9,12)(H,10,11). The van der Waals surface area contributed by atoms with Crippen LogP contribution in [-0.2, 0) is 4.79 Å². The van der Waals surface area contributed by atoms with Gasteiger partial charge in [0.1, 0.15) is 0 Å². The molecular formula is C7H8N2O4. The number of carboxylic acid groups (broad SMARTS) is 1. The minimum absolute atomic E-state index is 0.0744. The Kier molecular flexibility index (Phi) is 3.02. The van der Waals surface area contributed by atoms with Gasteiger partial charge in [-0.05, 0) is 0 Å². The first-order valence-corrected chi connectivity index (χ1v) is 3.58. The highest BCUT2D eigenvalue weighted by molar-refractivity contribution is 5.91. The molecule has 1 heterocycles. The topological polar surface area (TPSA) is 92.4 Å². The third-order valence-electron chi connectivity index (χ3n) is 1.28. The van der Waals surface area contributed by atoms with Crippen LogP contribution in [0, 0.1) is 0 Å². The maximum absolute atomic E-state index is 11.0. The van der Waals surface area contributed by atoms with Crippen molar-refractivity contribution >= 4 is 11.9 Å². The van der Waals surface area contributed by atoms with E-state index in [-0.39, 0.29) is 18.7 Å². The predicted octanol–water partition coefficient (Wildman–Crippen LogP) is -0.121. The van der Waals surface area contributed by atoms with E-state index >= 15 is 0 Å². The number of carboxylic acids is 1. The molecule has 2 N–H and O–H groups in total. The third kappa shape index (κ3) is 2.94. The molecule has 1 aromatic rings. The third-order valence-corrected chi connectivity index (χ3v) is 1.28. The molecule has 70 valence electrons. The monoisotopic (exact) mass is 184 g/mol. The minimum Gasteiger partial charge on any atom is -0.481 e. The lowest BCUT2D eigenvalue weighted by Crippen LogP contribution is -2.25. The largest absolute Gasteiger partial charge is 0.481 e. The Morgan fingerprint density at radius 3 is 2.92 bits per heavy atom. The second-order valence-corrected chi connectivity index (χ2v) is 2.27. The molecule has 1 amide bonds.